The van der Waals surface area contributed by atoms with Crippen LogP contribution in [-0.4, -0.2) is 20.1 Å². The van der Waals surface area contributed by atoms with E-state index in [0.29, 0.717) is 6.04 Å². The van der Waals surface area contributed by atoms with Crippen molar-refractivity contribution in [3.8, 4) is 0 Å². The Kier molecular flexibility index (Phi) is 5.26. The minimum absolute atomic E-state index is 0.461. The lowest BCUT2D eigenvalue weighted by atomic mass is 10.0. The maximum Gasteiger partial charge on any atom is 0.0381 e. The summed E-state index contributed by atoms with van der Waals surface area (Å²) in [6.07, 6.45) is 2.25. The Bertz CT molecular complexity index is 575. The molecule has 2 aromatic rings. The van der Waals surface area contributed by atoms with Gasteiger partial charge < -0.3 is 10.2 Å². The molecule has 0 aromatic heterocycles. The molecule has 1 unspecified atom stereocenters. The van der Waals surface area contributed by atoms with Crippen LogP contribution in [0.2, 0.25) is 0 Å². The zero-order valence-electron chi connectivity index (χ0n) is 13.6. The Labute approximate surface area is 128 Å². The molecule has 112 valence electrons. The molecule has 0 amide bonds. The first-order valence-corrected chi connectivity index (χ1v) is 7.64. The average molecular weight is 282 g/mol. The number of nitrogens with one attached hydrogen (secondary N) is 1. The first kappa shape index (κ1) is 15.4. The number of anilines is 2. The molecule has 2 rings (SSSR count). The summed E-state index contributed by atoms with van der Waals surface area (Å²) in [5, 5.41) is 3.60. The number of aryl methyl sites for hydroxylation is 2. The summed E-state index contributed by atoms with van der Waals surface area (Å²) >= 11 is 0. The van der Waals surface area contributed by atoms with Crippen LogP contribution in [0.1, 0.15) is 24.5 Å². The Hall–Kier alpha value is -1.96. The molecule has 2 nitrogen and oxygen atoms in total. The summed E-state index contributed by atoms with van der Waals surface area (Å²) in [5.74, 6) is 0. The predicted octanol–water partition coefficient (Wildman–Crippen LogP) is 4.49. The highest BCUT2D eigenvalue weighted by molar-refractivity contribution is 5.57. The monoisotopic (exact) mass is 282 g/mol. The summed E-state index contributed by atoms with van der Waals surface area (Å²) in [5.41, 5.74) is 5.18. The average Bonchev–Trinajstić information content (AvgIpc) is 2.45. The van der Waals surface area contributed by atoms with Crippen molar-refractivity contribution in [1.82, 2.24) is 0 Å². The van der Waals surface area contributed by atoms with E-state index in [1.807, 2.05) is 0 Å². The lowest BCUT2D eigenvalue weighted by molar-refractivity contribution is 0.706. The van der Waals surface area contributed by atoms with Crippen LogP contribution in [0.4, 0.5) is 11.4 Å². The largest absolute Gasteiger partial charge is 0.383 e. The second kappa shape index (κ2) is 7.16. The third kappa shape index (κ3) is 4.82. The summed E-state index contributed by atoms with van der Waals surface area (Å²) in [7, 11) is 4.14. The third-order valence-electron chi connectivity index (χ3n) is 3.72. The SMILES string of the molecule is Cc1cccc(CCC(C)Nc2cccc(N(C)C)c2)c1. The summed E-state index contributed by atoms with van der Waals surface area (Å²) in [6, 6.07) is 17.8. The molecule has 0 spiro atoms. The normalized spacial score (nSPS) is 12.0. The van der Waals surface area contributed by atoms with Gasteiger partial charge >= 0.3 is 0 Å². The molecular formula is C19H26N2. The van der Waals surface area contributed by atoms with Crippen LogP contribution in [0.25, 0.3) is 0 Å². The van der Waals surface area contributed by atoms with Crippen molar-refractivity contribution in [2.24, 2.45) is 0 Å². The molecule has 1 N–H and O–H groups in total. The molecule has 2 aromatic carbocycles. The molecule has 0 aliphatic carbocycles. The van der Waals surface area contributed by atoms with E-state index in [9.17, 15) is 0 Å². The van der Waals surface area contributed by atoms with Crippen LogP contribution < -0.4 is 10.2 Å². The van der Waals surface area contributed by atoms with E-state index < -0.39 is 0 Å². The van der Waals surface area contributed by atoms with E-state index in [0.717, 1.165) is 12.8 Å². The van der Waals surface area contributed by atoms with Crippen molar-refractivity contribution >= 4 is 11.4 Å². The zero-order chi connectivity index (χ0) is 15.2. The van der Waals surface area contributed by atoms with Gasteiger partial charge in [0.25, 0.3) is 0 Å². The predicted molar refractivity (Wildman–Crippen MR) is 93.4 cm³/mol. The van der Waals surface area contributed by atoms with Crippen LogP contribution in [0.15, 0.2) is 48.5 Å². The smallest absolute Gasteiger partial charge is 0.0381 e. The van der Waals surface area contributed by atoms with Crippen molar-refractivity contribution in [2.75, 3.05) is 24.3 Å². The fourth-order valence-electron chi connectivity index (χ4n) is 2.48. The van der Waals surface area contributed by atoms with Crippen LogP contribution in [-0.2, 0) is 6.42 Å². The molecule has 0 saturated carbocycles. The Morgan fingerprint density at radius 3 is 2.52 bits per heavy atom. The second-order valence-electron chi connectivity index (χ2n) is 6.02. The zero-order valence-corrected chi connectivity index (χ0v) is 13.6. The van der Waals surface area contributed by atoms with Gasteiger partial charge in [-0.1, -0.05) is 35.9 Å². The van der Waals surface area contributed by atoms with Gasteiger partial charge in [0.15, 0.2) is 0 Å². The number of hydrogen-bond donors (Lipinski definition) is 1. The van der Waals surface area contributed by atoms with E-state index in [2.05, 4.69) is 86.7 Å². The van der Waals surface area contributed by atoms with Crippen LogP contribution in [0.3, 0.4) is 0 Å². The Morgan fingerprint density at radius 2 is 1.81 bits per heavy atom. The van der Waals surface area contributed by atoms with E-state index >= 15 is 0 Å². The topological polar surface area (TPSA) is 15.3 Å². The third-order valence-corrected chi connectivity index (χ3v) is 3.72. The van der Waals surface area contributed by atoms with Gasteiger partial charge in [0.05, 0.1) is 0 Å². The van der Waals surface area contributed by atoms with E-state index in [-0.39, 0.29) is 0 Å². The first-order valence-electron chi connectivity index (χ1n) is 7.64. The van der Waals surface area contributed by atoms with E-state index in [4.69, 9.17) is 0 Å². The molecule has 0 aliphatic rings. The molecule has 0 aliphatic heterocycles. The van der Waals surface area contributed by atoms with Crippen LogP contribution in [0.5, 0.6) is 0 Å². The van der Waals surface area contributed by atoms with Gasteiger partial charge in [-0.15, -0.1) is 0 Å². The fourth-order valence-corrected chi connectivity index (χ4v) is 2.48. The molecule has 2 heteroatoms. The van der Waals surface area contributed by atoms with Crippen LogP contribution in [0, 0.1) is 6.92 Å². The Morgan fingerprint density at radius 1 is 1.05 bits per heavy atom. The number of nitrogens with zero attached hydrogens (tertiary/aromatic N) is 1. The van der Waals surface area contributed by atoms with Crippen molar-refractivity contribution < 1.29 is 0 Å². The molecule has 0 saturated heterocycles. The molecular weight excluding hydrogens is 256 g/mol. The van der Waals surface area contributed by atoms with Gasteiger partial charge in [0, 0.05) is 31.5 Å². The van der Waals surface area contributed by atoms with Crippen molar-refractivity contribution in [3.63, 3.8) is 0 Å². The standard InChI is InChI=1S/C19H26N2/c1-15-7-5-8-17(13-15)12-11-16(2)20-18-9-6-10-19(14-18)21(3)4/h5-10,13-14,16,20H,11-12H2,1-4H3. The van der Waals surface area contributed by atoms with Gasteiger partial charge in [-0.3, -0.25) is 0 Å². The van der Waals surface area contributed by atoms with Crippen molar-refractivity contribution in [3.05, 3.63) is 59.7 Å². The summed E-state index contributed by atoms with van der Waals surface area (Å²) in [6.45, 7) is 4.40. The number of hydrogen-bond acceptors (Lipinski definition) is 2. The number of benzene rings is 2. The fraction of sp³-hybridized carbons (Fsp3) is 0.368. The Balaban J connectivity index is 1.89. The highest BCUT2D eigenvalue weighted by Crippen LogP contribution is 2.19. The lowest BCUT2D eigenvalue weighted by Crippen LogP contribution is -2.16. The molecule has 0 radical (unpaired) electrons. The molecule has 0 bridgehead atoms. The summed E-state index contributed by atoms with van der Waals surface area (Å²) < 4.78 is 0. The van der Waals surface area contributed by atoms with Gasteiger partial charge in [0.1, 0.15) is 0 Å². The van der Waals surface area contributed by atoms with Gasteiger partial charge in [0.2, 0.25) is 0 Å². The van der Waals surface area contributed by atoms with Gasteiger partial charge in [-0.05, 0) is 50.5 Å². The molecule has 21 heavy (non-hydrogen) atoms. The van der Waals surface area contributed by atoms with Crippen molar-refractivity contribution in [1.29, 1.82) is 0 Å². The first-order chi connectivity index (χ1) is 10.0. The second-order valence-corrected chi connectivity index (χ2v) is 6.02. The molecule has 0 heterocycles. The van der Waals surface area contributed by atoms with Crippen molar-refractivity contribution in [2.45, 2.75) is 32.7 Å². The summed E-state index contributed by atoms with van der Waals surface area (Å²) in [4.78, 5) is 2.13. The van der Waals surface area contributed by atoms with E-state index in [1.54, 1.807) is 0 Å². The molecule has 0 fully saturated rings. The van der Waals surface area contributed by atoms with Gasteiger partial charge in [-0.2, -0.15) is 0 Å². The highest BCUT2D eigenvalue weighted by Gasteiger charge is 2.04. The minimum Gasteiger partial charge on any atom is -0.383 e. The quantitative estimate of drug-likeness (QED) is 0.839. The van der Waals surface area contributed by atoms with E-state index in [1.165, 1.54) is 22.5 Å². The maximum absolute atomic E-state index is 3.60. The van der Waals surface area contributed by atoms with Crippen LogP contribution >= 0.6 is 0 Å². The lowest BCUT2D eigenvalue weighted by Gasteiger charge is -2.18. The van der Waals surface area contributed by atoms with Gasteiger partial charge in [-0.25, -0.2) is 0 Å². The minimum atomic E-state index is 0.461. The highest BCUT2D eigenvalue weighted by atomic mass is 15.1. The maximum atomic E-state index is 3.60. The number of rotatable bonds is 6. The molecule has 1 atom stereocenters.